The Morgan fingerprint density at radius 1 is 1.38 bits per heavy atom. The van der Waals surface area contributed by atoms with Crippen LogP contribution >= 0.6 is 11.3 Å². The zero-order valence-electron chi connectivity index (χ0n) is 15.0. The van der Waals surface area contributed by atoms with E-state index < -0.39 is 9.73 Å². The van der Waals surface area contributed by atoms with Gasteiger partial charge in [0.2, 0.25) is 0 Å². The number of nitrogens with zero attached hydrogens (tertiary/aromatic N) is 3. The van der Waals surface area contributed by atoms with Crippen LogP contribution in [0.1, 0.15) is 65.8 Å². The van der Waals surface area contributed by atoms with E-state index in [4.69, 9.17) is 0 Å². The second-order valence-corrected chi connectivity index (χ2v) is 11.0. The molecular formula is C17H27N3O2S2. The largest absolute Gasteiger partial charge is 0.331 e. The van der Waals surface area contributed by atoms with E-state index >= 15 is 0 Å². The Bertz CT molecular complexity index is 762. The quantitative estimate of drug-likeness (QED) is 0.802. The minimum atomic E-state index is -2.17. The molecule has 2 aliphatic rings. The maximum absolute atomic E-state index is 13.2. The van der Waals surface area contributed by atoms with E-state index in [1.54, 1.807) is 7.05 Å². The monoisotopic (exact) mass is 369 g/mol. The van der Waals surface area contributed by atoms with Gasteiger partial charge in [0.05, 0.1) is 22.0 Å². The van der Waals surface area contributed by atoms with Crippen molar-refractivity contribution in [2.75, 3.05) is 25.1 Å². The van der Waals surface area contributed by atoms with Gasteiger partial charge in [0.1, 0.15) is 4.88 Å². The van der Waals surface area contributed by atoms with Crippen molar-refractivity contribution in [2.45, 2.75) is 57.9 Å². The van der Waals surface area contributed by atoms with Crippen LogP contribution in [0.3, 0.4) is 0 Å². The van der Waals surface area contributed by atoms with Crippen LogP contribution in [-0.4, -0.2) is 50.6 Å². The average molecular weight is 370 g/mol. The molecule has 5 nitrogen and oxygen atoms in total. The van der Waals surface area contributed by atoms with Crippen molar-refractivity contribution < 1.29 is 9.00 Å². The van der Waals surface area contributed by atoms with Gasteiger partial charge in [0.25, 0.3) is 5.91 Å². The van der Waals surface area contributed by atoms with Crippen molar-refractivity contribution >= 4 is 27.0 Å². The van der Waals surface area contributed by atoms with Crippen LogP contribution in [0.4, 0.5) is 0 Å². The molecule has 0 aromatic carbocycles. The van der Waals surface area contributed by atoms with Crippen LogP contribution < -0.4 is 0 Å². The molecule has 0 aliphatic carbocycles. The van der Waals surface area contributed by atoms with Crippen LogP contribution in [0.15, 0.2) is 4.36 Å². The van der Waals surface area contributed by atoms with Gasteiger partial charge in [-0.1, -0.05) is 13.8 Å². The third kappa shape index (κ3) is 3.01. The van der Waals surface area contributed by atoms with E-state index in [9.17, 15) is 9.00 Å². The van der Waals surface area contributed by atoms with E-state index in [-0.39, 0.29) is 11.4 Å². The lowest BCUT2D eigenvalue weighted by atomic mass is 9.92. The van der Waals surface area contributed by atoms with Crippen LogP contribution in [0.25, 0.3) is 0 Å². The van der Waals surface area contributed by atoms with Gasteiger partial charge in [-0.05, 0) is 32.6 Å². The smallest absolute Gasteiger partial charge is 0.266 e. The first-order chi connectivity index (χ1) is 11.3. The molecule has 2 aliphatic heterocycles. The van der Waals surface area contributed by atoms with Crippen LogP contribution in [0, 0.1) is 6.92 Å². The summed E-state index contributed by atoms with van der Waals surface area (Å²) in [6.07, 6.45) is 3.76. The molecule has 0 N–H and O–H groups in total. The second kappa shape index (κ2) is 6.41. The van der Waals surface area contributed by atoms with Gasteiger partial charge in [0.15, 0.2) is 0 Å². The SMILES string of the molecule is CN=S1(=O)CCCC2(CCCN2C(=O)c2sc(C(C)C)nc2C)C1. The molecule has 134 valence electrons. The molecule has 3 heterocycles. The summed E-state index contributed by atoms with van der Waals surface area (Å²) in [5.41, 5.74) is 0.563. The molecule has 2 unspecified atom stereocenters. The number of carbonyl (C=O) groups is 1. The number of hydrogen-bond donors (Lipinski definition) is 0. The van der Waals surface area contributed by atoms with Gasteiger partial charge in [-0.15, -0.1) is 11.3 Å². The summed E-state index contributed by atoms with van der Waals surface area (Å²) in [6.45, 7) is 6.88. The van der Waals surface area contributed by atoms with Crippen molar-refractivity contribution in [1.29, 1.82) is 0 Å². The fourth-order valence-corrected chi connectivity index (χ4v) is 7.35. The Labute approximate surface area is 149 Å². The normalized spacial score (nSPS) is 30.3. The molecule has 24 heavy (non-hydrogen) atoms. The molecule has 7 heteroatoms. The van der Waals surface area contributed by atoms with E-state index in [0.717, 1.165) is 47.8 Å². The lowest BCUT2D eigenvalue weighted by molar-refractivity contribution is 0.0613. The topological polar surface area (TPSA) is 62.6 Å². The van der Waals surface area contributed by atoms with E-state index in [1.165, 1.54) is 11.3 Å². The summed E-state index contributed by atoms with van der Waals surface area (Å²) in [6, 6.07) is 0. The Balaban J connectivity index is 1.93. The Hall–Kier alpha value is -0.950. The van der Waals surface area contributed by atoms with Crippen LogP contribution in [0.5, 0.6) is 0 Å². The number of hydrogen-bond acceptors (Lipinski definition) is 5. The van der Waals surface area contributed by atoms with Gasteiger partial charge in [-0.3, -0.25) is 4.79 Å². The molecule has 0 radical (unpaired) electrons. The number of aryl methyl sites for hydroxylation is 1. The molecule has 2 saturated heterocycles. The molecule has 2 fully saturated rings. The number of aromatic nitrogens is 1. The Morgan fingerprint density at radius 3 is 2.71 bits per heavy atom. The number of likely N-dealkylation sites (tertiary alicyclic amines) is 1. The Morgan fingerprint density at radius 2 is 2.08 bits per heavy atom. The lowest BCUT2D eigenvalue weighted by Crippen LogP contribution is -2.54. The second-order valence-electron chi connectivity index (χ2n) is 7.31. The number of carbonyl (C=O) groups excluding carboxylic acids is 1. The summed E-state index contributed by atoms with van der Waals surface area (Å²) in [5, 5.41) is 1.01. The van der Waals surface area contributed by atoms with E-state index in [0.29, 0.717) is 17.4 Å². The minimum Gasteiger partial charge on any atom is -0.331 e. The summed E-state index contributed by atoms with van der Waals surface area (Å²) in [7, 11) is -0.511. The van der Waals surface area contributed by atoms with Crippen molar-refractivity contribution in [1.82, 2.24) is 9.88 Å². The van der Waals surface area contributed by atoms with Crippen LogP contribution in [-0.2, 0) is 9.73 Å². The van der Waals surface area contributed by atoms with Gasteiger partial charge < -0.3 is 4.90 Å². The summed E-state index contributed by atoms with van der Waals surface area (Å²) in [5.74, 6) is 1.62. The summed E-state index contributed by atoms with van der Waals surface area (Å²) in [4.78, 5) is 20.6. The van der Waals surface area contributed by atoms with Gasteiger partial charge in [0, 0.05) is 35.0 Å². The average Bonchev–Trinajstić information content (AvgIpc) is 3.11. The highest BCUT2D eigenvalue weighted by atomic mass is 32.2. The van der Waals surface area contributed by atoms with Crippen molar-refractivity contribution in [2.24, 2.45) is 4.36 Å². The van der Waals surface area contributed by atoms with Crippen molar-refractivity contribution in [3.05, 3.63) is 15.6 Å². The van der Waals surface area contributed by atoms with Gasteiger partial charge >= 0.3 is 0 Å². The van der Waals surface area contributed by atoms with E-state index in [2.05, 4.69) is 23.2 Å². The highest BCUT2D eigenvalue weighted by Gasteiger charge is 2.48. The first-order valence-corrected chi connectivity index (χ1v) is 11.4. The van der Waals surface area contributed by atoms with E-state index in [1.807, 2.05) is 11.8 Å². The Kier molecular flexibility index (Phi) is 4.77. The lowest BCUT2D eigenvalue weighted by Gasteiger charge is -2.42. The standard InChI is InChI=1S/C17H27N3O2S2/c1-12(2)15-19-13(3)14(23-15)16(21)20-9-5-7-17(20)8-6-10-24(22,11-17)18-4/h12H,5-11H2,1-4H3. The predicted molar refractivity (Wildman–Crippen MR) is 99.4 cm³/mol. The third-order valence-electron chi connectivity index (χ3n) is 5.28. The molecule has 0 saturated carbocycles. The van der Waals surface area contributed by atoms with Crippen LogP contribution in [0.2, 0.25) is 0 Å². The molecule has 1 spiro atoms. The van der Waals surface area contributed by atoms with Gasteiger partial charge in [-0.25, -0.2) is 13.6 Å². The fraction of sp³-hybridized carbons (Fsp3) is 0.765. The van der Waals surface area contributed by atoms with Gasteiger partial charge in [-0.2, -0.15) is 0 Å². The number of rotatable bonds is 2. The highest BCUT2D eigenvalue weighted by Crippen LogP contribution is 2.40. The molecule has 0 bridgehead atoms. The first kappa shape index (κ1) is 17.9. The number of thiazole rings is 1. The minimum absolute atomic E-state index is 0.0779. The molecule has 3 rings (SSSR count). The van der Waals surface area contributed by atoms with Crippen molar-refractivity contribution in [3.8, 4) is 0 Å². The molecule has 1 amide bonds. The zero-order chi connectivity index (χ0) is 17.5. The molecular weight excluding hydrogens is 342 g/mol. The fourth-order valence-electron chi connectivity index (χ4n) is 4.00. The number of amides is 1. The maximum atomic E-state index is 13.2. The maximum Gasteiger partial charge on any atom is 0.266 e. The molecule has 1 aromatic heterocycles. The summed E-state index contributed by atoms with van der Waals surface area (Å²) < 4.78 is 17.1. The zero-order valence-corrected chi connectivity index (χ0v) is 16.6. The highest BCUT2D eigenvalue weighted by molar-refractivity contribution is 7.93. The third-order valence-corrected chi connectivity index (χ3v) is 9.30. The molecule has 2 atom stereocenters. The predicted octanol–water partition coefficient (Wildman–Crippen LogP) is 3.44. The molecule has 1 aromatic rings. The van der Waals surface area contributed by atoms with Crippen molar-refractivity contribution in [3.63, 3.8) is 0 Å². The summed E-state index contributed by atoms with van der Waals surface area (Å²) >= 11 is 1.52. The first-order valence-electron chi connectivity index (χ1n) is 8.70.